The Morgan fingerprint density at radius 1 is 1.12 bits per heavy atom. The minimum atomic E-state index is -1.26. The zero-order chi connectivity index (χ0) is 24.2. The number of hydrogen-bond acceptors (Lipinski definition) is 6. The van der Waals surface area contributed by atoms with Crippen LogP contribution in [-0.4, -0.2) is 45.2 Å². The number of benzene rings is 2. The lowest BCUT2D eigenvalue weighted by atomic mass is 9.91. The van der Waals surface area contributed by atoms with Crippen LogP contribution in [0.5, 0.6) is 5.75 Å². The fraction of sp³-hybridized carbons (Fsp3) is 0.292. The Hall–Kier alpha value is -2.75. The van der Waals surface area contributed by atoms with Crippen molar-refractivity contribution >= 4 is 49.5 Å². The SMILES string of the molecule is CCCC(CCN(C)Oc1ccc2cnsc2c1)c1ccc(Br)cc1.O=C(O)/C=C/C(=O)O. The number of carboxylic acids is 2. The van der Waals surface area contributed by atoms with Crippen LogP contribution in [0.25, 0.3) is 10.1 Å². The molecule has 2 aromatic carbocycles. The van der Waals surface area contributed by atoms with Crippen molar-refractivity contribution in [2.45, 2.75) is 32.1 Å². The second kappa shape index (κ2) is 13.7. The fourth-order valence-electron chi connectivity index (χ4n) is 3.16. The number of carbonyl (C=O) groups is 2. The number of aliphatic carboxylic acids is 2. The van der Waals surface area contributed by atoms with Crippen LogP contribution in [0.2, 0.25) is 0 Å². The fourth-order valence-corrected chi connectivity index (χ4v) is 4.10. The highest BCUT2D eigenvalue weighted by Crippen LogP contribution is 2.27. The summed E-state index contributed by atoms with van der Waals surface area (Å²) in [4.78, 5) is 25.1. The van der Waals surface area contributed by atoms with Gasteiger partial charge in [0.05, 0.1) is 4.70 Å². The summed E-state index contributed by atoms with van der Waals surface area (Å²) in [6.07, 6.45) is 6.47. The monoisotopic (exact) mass is 534 g/mol. The number of hydrogen-bond donors (Lipinski definition) is 2. The van der Waals surface area contributed by atoms with Crippen LogP contribution in [-0.2, 0) is 9.59 Å². The molecule has 0 spiro atoms. The maximum absolute atomic E-state index is 9.55. The summed E-state index contributed by atoms with van der Waals surface area (Å²) in [7, 11) is 2.00. The van der Waals surface area contributed by atoms with Crippen LogP contribution < -0.4 is 4.84 Å². The number of fused-ring (bicyclic) bond motifs is 1. The first-order valence-electron chi connectivity index (χ1n) is 10.4. The average molecular weight is 535 g/mol. The van der Waals surface area contributed by atoms with Crippen molar-refractivity contribution in [1.29, 1.82) is 0 Å². The molecule has 33 heavy (non-hydrogen) atoms. The molecule has 0 radical (unpaired) electrons. The van der Waals surface area contributed by atoms with Gasteiger partial charge in [0.2, 0.25) is 0 Å². The smallest absolute Gasteiger partial charge is 0.328 e. The Bertz CT molecular complexity index is 1050. The van der Waals surface area contributed by atoms with E-state index in [1.165, 1.54) is 35.3 Å². The van der Waals surface area contributed by atoms with E-state index in [1.54, 1.807) is 0 Å². The van der Waals surface area contributed by atoms with Gasteiger partial charge < -0.3 is 15.1 Å². The first kappa shape index (κ1) is 26.5. The summed E-state index contributed by atoms with van der Waals surface area (Å²) in [5.74, 6) is -1.08. The van der Waals surface area contributed by atoms with Crippen LogP contribution in [0.4, 0.5) is 0 Å². The van der Waals surface area contributed by atoms with Crippen molar-refractivity contribution in [3.63, 3.8) is 0 Å². The summed E-state index contributed by atoms with van der Waals surface area (Å²) in [5.41, 5.74) is 1.41. The molecule has 176 valence electrons. The highest BCUT2D eigenvalue weighted by molar-refractivity contribution is 9.10. The summed E-state index contributed by atoms with van der Waals surface area (Å²) < 4.78 is 6.50. The van der Waals surface area contributed by atoms with Gasteiger partial charge in [-0.25, -0.2) is 9.59 Å². The third-order valence-corrected chi connectivity index (χ3v) is 6.02. The zero-order valence-electron chi connectivity index (χ0n) is 18.5. The molecular formula is C24H27BrN2O5S. The van der Waals surface area contributed by atoms with Crippen molar-refractivity contribution in [1.82, 2.24) is 9.44 Å². The number of rotatable bonds is 10. The molecule has 1 unspecified atom stereocenters. The molecule has 0 fully saturated rings. The van der Waals surface area contributed by atoms with Crippen LogP contribution in [0.3, 0.4) is 0 Å². The van der Waals surface area contributed by atoms with E-state index in [0.717, 1.165) is 27.9 Å². The topological polar surface area (TPSA) is 100.0 Å². The van der Waals surface area contributed by atoms with E-state index in [9.17, 15) is 9.59 Å². The van der Waals surface area contributed by atoms with Gasteiger partial charge in [-0.2, -0.15) is 4.37 Å². The minimum Gasteiger partial charge on any atom is -0.478 e. The Kier molecular flexibility index (Phi) is 11.0. The molecule has 0 bridgehead atoms. The van der Waals surface area contributed by atoms with Gasteiger partial charge in [0, 0.05) is 47.9 Å². The summed E-state index contributed by atoms with van der Waals surface area (Å²) in [6, 6.07) is 14.8. The molecule has 2 N–H and O–H groups in total. The Balaban J connectivity index is 0.000000414. The molecule has 0 aliphatic carbocycles. The van der Waals surface area contributed by atoms with E-state index in [2.05, 4.69) is 63.6 Å². The molecule has 0 saturated heterocycles. The molecule has 9 heteroatoms. The van der Waals surface area contributed by atoms with Crippen molar-refractivity contribution in [2.24, 2.45) is 0 Å². The molecular weight excluding hydrogens is 508 g/mol. The van der Waals surface area contributed by atoms with Gasteiger partial charge in [-0.15, -0.1) is 5.06 Å². The van der Waals surface area contributed by atoms with Crippen LogP contribution >= 0.6 is 27.5 Å². The van der Waals surface area contributed by atoms with Crippen LogP contribution in [0, 0.1) is 0 Å². The second-order valence-electron chi connectivity index (χ2n) is 7.30. The lowest BCUT2D eigenvalue weighted by molar-refractivity contribution is -0.134. The molecule has 1 atom stereocenters. The maximum atomic E-state index is 9.55. The highest BCUT2D eigenvalue weighted by Gasteiger charge is 2.13. The van der Waals surface area contributed by atoms with Gasteiger partial charge in [-0.05, 0) is 60.1 Å². The predicted molar refractivity (Wildman–Crippen MR) is 134 cm³/mol. The number of hydroxylamine groups is 2. The van der Waals surface area contributed by atoms with E-state index < -0.39 is 11.9 Å². The molecule has 1 aromatic heterocycles. The molecule has 1 heterocycles. The van der Waals surface area contributed by atoms with Gasteiger partial charge in [0.15, 0.2) is 0 Å². The lowest BCUT2D eigenvalue weighted by Crippen LogP contribution is -2.25. The van der Waals surface area contributed by atoms with Gasteiger partial charge in [0.1, 0.15) is 5.75 Å². The highest BCUT2D eigenvalue weighted by atomic mass is 79.9. The number of carboxylic acid groups (broad SMARTS) is 2. The summed E-state index contributed by atoms with van der Waals surface area (Å²) >= 11 is 5.01. The summed E-state index contributed by atoms with van der Waals surface area (Å²) in [6.45, 7) is 3.14. The second-order valence-corrected chi connectivity index (χ2v) is 9.05. The lowest BCUT2D eigenvalue weighted by Gasteiger charge is -2.22. The number of aromatic nitrogens is 1. The molecule has 0 aliphatic rings. The van der Waals surface area contributed by atoms with E-state index in [-0.39, 0.29) is 0 Å². The first-order valence-corrected chi connectivity index (χ1v) is 12.0. The van der Waals surface area contributed by atoms with Gasteiger partial charge >= 0.3 is 11.9 Å². The van der Waals surface area contributed by atoms with Crippen molar-refractivity contribution in [3.8, 4) is 5.75 Å². The van der Waals surface area contributed by atoms with Crippen LogP contribution in [0.1, 0.15) is 37.7 Å². The quantitative estimate of drug-likeness (QED) is 0.244. The Labute approximate surface area is 205 Å². The standard InChI is InChI=1S/C20H23BrN2OS.C4H4O4/c1-3-4-15(16-5-8-18(21)9-6-16)11-12-23(2)24-19-10-7-17-14-22-25-20(17)13-19;5-3(6)1-2-4(7)8/h5-10,13-15H,3-4,11-12H2,1-2H3;1-2H,(H,5,6)(H,7,8)/b;2-1+. The third-order valence-electron chi connectivity index (χ3n) is 4.73. The van der Waals surface area contributed by atoms with Crippen molar-refractivity contribution in [2.75, 3.05) is 13.6 Å². The molecule has 7 nitrogen and oxygen atoms in total. The van der Waals surface area contributed by atoms with Gasteiger partial charge in [-0.3, -0.25) is 0 Å². The van der Waals surface area contributed by atoms with E-state index >= 15 is 0 Å². The summed E-state index contributed by atoms with van der Waals surface area (Å²) in [5, 5.41) is 18.7. The molecule has 0 saturated carbocycles. The van der Waals surface area contributed by atoms with Gasteiger partial charge in [-0.1, -0.05) is 41.4 Å². The third kappa shape index (κ3) is 9.73. The normalized spacial score (nSPS) is 11.9. The molecule has 3 aromatic rings. The first-order chi connectivity index (χ1) is 15.8. The van der Waals surface area contributed by atoms with Crippen molar-refractivity contribution in [3.05, 3.63) is 70.8 Å². The molecule has 3 rings (SSSR count). The Morgan fingerprint density at radius 3 is 2.39 bits per heavy atom. The number of nitrogens with zero attached hydrogens (tertiary/aromatic N) is 2. The predicted octanol–water partition coefficient (Wildman–Crippen LogP) is 5.97. The Morgan fingerprint density at radius 2 is 1.79 bits per heavy atom. The largest absolute Gasteiger partial charge is 0.478 e. The van der Waals surface area contributed by atoms with E-state index in [0.29, 0.717) is 18.1 Å². The maximum Gasteiger partial charge on any atom is 0.328 e. The van der Waals surface area contributed by atoms with E-state index in [1.807, 2.05) is 24.4 Å². The van der Waals surface area contributed by atoms with E-state index in [4.69, 9.17) is 15.1 Å². The van der Waals surface area contributed by atoms with Crippen LogP contribution in [0.15, 0.2) is 65.3 Å². The zero-order valence-corrected chi connectivity index (χ0v) is 20.9. The minimum absolute atomic E-state index is 0.558. The molecule has 0 aliphatic heterocycles. The number of halogens is 1. The van der Waals surface area contributed by atoms with Crippen molar-refractivity contribution < 1.29 is 24.6 Å². The van der Waals surface area contributed by atoms with Gasteiger partial charge in [0.25, 0.3) is 0 Å². The average Bonchev–Trinajstić information content (AvgIpc) is 3.24. The molecule has 0 amide bonds.